The molecule has 2 nitrogen and oxygen atoms in total. The zero-order valence-corrected chi connectivity index (χ0v) is 32.6. The van der Waals surface area contributed by atoms with Gasteiger partial charge in [-0.05, 0) is 92.7 Å². The predicted molar refractivity (Wildman–Crippen MR) is 236 cm³/mol. The van der Waals surface area contributed by atoms with Crippen molar-refractivity contribution in [2.75, 3.05) is 0 Å². The zero-order valence-electron chi connectivity index (χ0n) is 32.6. The highest BCUT2D eigenvalue weighted by molar-refractivity contribution is 5.92. The highest BCUT2D eigenvalue weighted by Crippen LogP contribution is 2.60. The maximum atomic E-state index is 5.55. The molecule has 0 amide bonds. The van der Waals surface area contributed by atoms with Gasteiger partial charge in [-0.15, -0.1) is 0 Å². The average Bonchev–Trinajstić information content (AvgIpc) is 3.66. The Labute approximate surface area is 336 Å². The molecular formula is C55H44N2. The molecule has 1 aromatic heterocycles. The molecule has 11 rings (SSSR count). The summed E-state index contributed by atoms with van der Waals surface area (Å²) in [6.07, 6.45) is 6.32. The average molecular weight is 733 g/mol. The van der Waals surface area contributed by atoms with Crippen molar-refractivity contribution in [2.24, 2.45) is 0 Å². The Bertz CT molecular complexity index is 2830. The van der Waals surface area contributed by atoms with Gasteiger partial charge in [-0.3, -0.25) is 0 Å². The summed E-state index contributed by atoms with van der Waals surface area (Å²) in [4.78, 5) is 11.0. The van der Waals surface area contributed by atoms with Crippen LogP contribution in [0.25, 0.3) is 78.4 Å². The van der Waals surface area contributed by atoms with Crippen molar-refractivity contribution in [3.05, 3.63) is 192 Å². The smallest absolute Gasteiger partial charge is 0.0973 e. The van der Waals surface area contributed by atoms with Crippen molar-refractivity contribution in [2.45, 2.75) is 56.8 Å². The Morgan fingerprint density at radius 3 is 1.44 bits per heavy atom. The van der Waals surface area contributed by atoms with Crippen LogP contribution in [0, 0.1) is 0 Å². The monoisotopic (exact) mass is 732 g/mol. The molecular weight excluding hydrogens is 689 g/mol. The van der Waals surface area contributed by atoms with E-state index in [0.717, 1.165) is 45.0 Å². The van der Waals surface area contributed by atoms with E-state index in [-0.39, 0.29) is 10.8 Å². The normalized spacial score (nSPS) is 15.5. The topological polar surface area (TPSA) is 25.8 Å². The molecule has 0 unspecified atom stereocenters. The van der Waals surface area contributed by atoms with E-state index in [0.29, 0.717) is 0 Å². The van der Waals surface area contributed by atoms with Crippen LogP contribution in [-0.4, -0.2) is 9.97 Å². The number of hydrogen-bond acceptors (Lipinski definition) is 2. The van der Waals surface area contributed by atoms with E-state index in [9.17, 15) is 0 Å². The van der Waals surface area contributed by atoms with Gasteiger partial charge in [0.2, 0.25) is 0 Å². The summed E-state index contributed by atoms with van der Waals surface area (Å²) in [5, 5.41) is 0. The van der Waals surface area contributed by atoms with Crippen LogP contribution in [0.1, 0.15) is 68.2 Å². The first-order valence-corrected chi connectivity index (χ1v) is 20.6. The first-order valence-electron chi connectivity index (χ1n) is 20.6. The first kappa shape index (κ1) is 33.9. The maximum absolute atomic E-state index is 5.55. The van der Waals surface area contributed by atoms with E-state index in [1.54, 1.807) is 5.56 Å². The molecule has 3 aliphatic carbocycles. The minimum absolute atomic E-state index is 0.0401. The van der Waals surface area contributed by atoms with Gasteiger partial charge in [-0.25, -0.2) is 9.97 Å². The molecule has 0 aliphatic heterocycles. The van der Waals surface area contributed by atoms with Crippen LogP contribution in [0.4, 0.5) is 0 Å². The van der Waals surface area contributed by atoms with Crippen molar-refractivity contribution in [3.63, 3.8) is 0 Å². The Morgan fingerprint density at radius 1 is 0.333 bits per heavy atom. The van der Waals surface area contributed by atoms with Crippen LogP contribution in [0.2, 0.25) is 0 Å². The Balaban J connectivity index is 1.08. The highest BCUT2D eigenvalue weighted by atomic mass is 14.9. The van der Waals surface area contributed by atoms with Gasteiger partial charge in [0.05, 0.1) is 22.8 Å². The molecule has 8 aromatic rings. The van der Waals surface area contributed by atoms with Crippen LogP contribution < -0.4 is 0 Å². The van der Waals surface area contributed by atoms with E-state index in [2.05, 4.69) is 184 Å². The quantitative estimate of drug-likeness (QED) is 0.176. The van der Waals surface area contributed by atoms with E-state index >= 15 is 0 Å². The van der Waals surface area contributed by atoms with Crippen molar-refractivity contribution in [1.29, 1.82) is 0 Å². The van der Waals surface area contributed by atoms with Crippen LogP contribution >= 0.6 is 0 Å². The molecule has 2 heteroatoms. The summed E-state index contributed by atoms with van der Waals surface area (Å²) in [6, 6.07) is 62.0. The molecule has 7 aromatic carbocycles. The molecule has 0 saturated heterocycles. The highest BCUT2D eigenvalue weighted by Gasteiger charge is 2.46. The fourth-order valence-corrected chi connectivity index (χ4v) is 10.4. The lowest BCUT2D eigenvalue weighted by molar-refractivity contribution is 0.353. The molecule has 0 N–H and O–H groups in total. The van der Waals surface area contributed by atoms with Gasteiger partial charge < -0.3 is 0 Å². The van der Waals surface area contributed by atoms with Crippen LogP contribution in [0.5, 0.6) is 0 Å². The summed E-state index contributed by atoms with van der Waals surface area (Å²) in [5.74, 6) is 0. The van der Waals surface area contributed by atoms with E-state index < -0.39 is 0 Å². The third-order valence-electron chi connectivity index (χ3n) is 13.3. The summed E-state index contributed by atoms with van der Waals surface area (Å²) in [5.41, 5.74) is 21.8. The molecule has 57 heavy (non-hydrogen) atoms. The van der Waals surface area contributed by atoms with Crippen molar-refractivity contribution in [1.82, 2.24) is 9.97 Å². The second kappa shape index (κ2) is 13.1. The largest absolute Gasteiger partial charge is 0.243 e. The number of benzene rings is 7. The summed E-state index contributed by atoms with van der Waals surface area (Å²) in [7, 11) is 0. The number of nitrogens with zero attached hydrogens (tertiary/aromatic N) is 2. The molecule has 1 saturated carbocycles. The fraction of sp³-hybridized carbons (Fsp3) is 0.164. The molecule has 1 heterocycles. The van der Waals surface area contributed by atoms with Gasteiger partial charge in [-0.1, -0.05) is 179 Å². The Hall–Kier alpha value is -6.38. The molecule has 1 spiro atoms. The predicted octanol–water partition coefficient (Wildman–Crippen LogP) is 14.3. The molecule has 0 radical (unpaired) electrons. The molecule has 274 valence electrons. The Kier molecular flexibility index (Phi) is 7.80. The van der Waals surface area contributed by atoms with Gasteiger partial charge in [-0.2, -0.15) is 0 Å². The lowest BCUT2D eigenvalue weighted by atomic mass is 9.67. The summed E-state index contributed by atoms with van der Waals surface area (Å²) in [6.45, 7) is 4.81. The number of aromatic nitrogens is 2. The van der Waals surface area contributed by atoms with Gasteiger partial charge >= 0.3 is 0 Å². The number of rotatable bonds is 5. The first-order chi connectivity index (χ1) is 28.0. The van der Waals surface area contributed by atoms with E-state index in [4.69, 9.17) is 9.97 Å². The maximum Gasteiger partial charge on any atom is 0.0973 e. The van der Waals surface area contributed by atoms with Crippen molar-refractivity contribution in [3.8, 4) is 78.4 Å². The number of hydrogen-bond donors (Lipinski definition) is 0. The molecule has 3 aliphatic rings. The minimum atomic E-state index is -0.0401. The lowest BCUT2D eigenvalue weighted by Gasteiger charge is -2.36. The minimum Gasteiger partial charge on any atom is -0.243 e. The number of fused-ring (bicyclic) bond motifs is 8. The summed E-state index contributed by atoms with van der Waals surface area (Å²) >= 11 is 0. The molecule has 1 fully saturated rings. The third-order valence-corrected chi connectivity index (χ3v) is 13.3. The van der Waals surface area contributed by atoms with E-state index in [1.807, 2.05) is 0 Å². The van der Waals surface area contributed by atoms with Crippen LogP contribution in [-0.2, 0) is 10.8 Å². The molecule has 0 bridgehead atoms. The third kappa shape index (κ3) is 5.31. The molecule has 0 atom stereocenters. The fourth-order valence-electron chi connectivity index (χ4n) is 10.4. The van der Waals surface area contributed by atoms with Crippen molar-refractivity contribution >= 4 is 0 Å². The standard InChI is InChI=1S/C55H44N2/c1-54(2)46-27-14-13-26-42(46)44-35-49-45(34-48(44)54)43-33-40(28-29-47(43)55(49)30-15-6-16-31-55)39-24-17-25-41(32-39)53-52(38-22-11-5-12-23-38)56-50(36-18-7-3-8-19-36)51(57-53)37-20-9-4-10-21-37/h3-5,7-14,17-29,32-35H,6,15-16,30-31H2,1-2H3. The van der Waals surface area contributed by atoms with Crippen LogP contribution in [0.15, 0.2) is 170 Å². The van der Waals surface area contributed by atoms with Crippen molar-refractivity contribution < 1.29 is 0 Å². The second-order valence-electron chi connectivity index (χ2n) is 16.8. The summed E-state index contributed by atoms with van der Waals surface area (Å²) < 4.78 is 0. The second-order valence-corrected chi connectivity index (χ2v) is 16.8. The SMILES string of the molecule is CC1(C)c2ccccc2-c2cc3c(cc21)-c1cc(-c2cccc(-c4nc(-c5ccccc5)c(-c5ccccc5)nc4-c4ccccc4)c2)ccc1C31CCCCC1. The van der Waals surface area contributed by atoms with Gasteiger partial charge in [0.15, 0.2) is 0 Å². The van der Waals surface area contributed by atoms with E-state index in [1.165, 1.54) is 82.2 Å². The van der Waals surface area contributed by atoms with Gasteiger partial charge in [0, 0.05) is 33.1 Å². The van der Waals surface area contributed by atoms with Gasteiger partial charge in [0.1, 0.15) is 0 Å². The Morgan fingerprint density at radius 2 is 0.807 bits per heavy atom. The van der Waals surface area contributed by atoms with Crippen LogP contribution in [0.3, 0.4) is 0 Å². The van der Waals surface area contributed by atoms with Gasteiger partial charge in [0.25, 0.3) is 0 Å². The zero-order chi connectivity index (χ0) is 38.1. The lowest BCUT2D eigenvalue weighted by Crippen LogP contribution is -2.28.